The Labute approximate surface area is 112 Å². The summed E-state index contributed by atoms with van der Waals surface area (Å²) < 4.78 is 0. The lowest BCUT2D eigenvalue weighted by Crippen LogP contribution is -2.52. The van der Waals surface area contributed by atoms with Gasteiger partial charge in [-0.15, -0.1) is 0 Å². The van der Waals surface area contributed by atoms with Gasteiger partial charge >= 0.3 is 5.97 Å². The minimum Gasteiger partial charge on any atom is -0.481 e. The summed E-state index contributed by atoms with van der Waals surface area (Å²) in [6.07, 6.45) is 1.64. The maximum absolute atomic E-state index is 12.4. The van der Waals surface area contributed by atoms with E-state index in [4.69, 9.17) is 0 Å². The van der Waals surface area contributed by atoms with E-state index in [2.05, 4.69) is 0 Å². The molecule has 4 unspecified atom stereocenters. The number of likely N-dealkylation sites (tertiary alicyclic amines) is 1. The lowest BCUT2D eigenvalue weighted by molar-refractivity contribution is -0.155. The monoisotopic (exact) mass is 271 g/mol. The van der Waals surface area contributed by atoms with Gasteiger partial charge in [-0.25, -0.2) is 0 Å². The number of amides is 1. The summed E-state index contributed by atoms with van der Waals surface area (Å²) in [4.78, 5) is 25.0. The van der Waals surface area contributed by atoms with E-state index < -0.39 is 30.0 Å². The van der Waals surface area contributed by atoms with E-state index in [1.807, 2.05) is 0 Å². The van der Waals surface area contributed by atoms with Crippen LogP contribution in [0.4, 0.5) is 0 Å². The molecule has 1 aliphatic heterocycles. The highest BCUT2D eigenvalue weighted by molar-refractivity contribution is 5.85. The summed E-state index contributed by atoms with van der Waals surface area (Å²) in [6, 6.07) is 0. The topological polar surface area (TPSA) is 98.1 Å². The molecule has 108 valence electrons. The number of hydrogen-bond acceptors (Lipinski definition) is 4. The van der Waals surface area contributed by atoms with E-state index in [9.17, 15) is 24.9 Å². The molecule has 0 aromatic heterocycles. The van der Waals surface area contributed by atoms with Crippen LogP contribution in [-0.2, 0) is 9.59 Å². The average molecular weight is 271 g/mol. The fraction of sp³-hybridized carbons (Fsp3) is 0.846. The van der Waals surface area contributed by atoms with E-state index in [-0.39, 0.29) is 25.4 Å². The molecule has 1 heterocycles. The average Bonchev–Trinajstić information content (AvgIpc) is 2.36. The van der Waals surface area contributed by atoms with E-state index in [1.165, 1.54) is 4.90 Å². The number of aliphatic hydroxyl groups is 2. The Balaban J connectivity index is 2.06. The first kappa shape index (κ1) is 14.3. The van der Waals surface area contributed by atoms with Crippen molar-refractivity contribution in [1.82, 2.24) is 4.90 Å². The van der Waals surface area contributed by atoms with Crippen LogP contribution in [0.1, 0.15) is 32.1 Å². The molecule has 1 saturated carbocycles. The molecule has 2 aliphatic rings. The van der Waals surface area contributed by atoms with Gasteiger partial charge in [-0.3, -0.25) is 9.59 Å². The first-order chi connectivity index (χ1) is 8.99. The molecule has 0 radical (unpaired) electrons. The number of aliphatic carboxylic acids is 1. The fourth-order valence-electron chi connectivity index (χ4n) is 3.18. The SMILES string of the molecule is O=C(O)C1CCCCC1C(=O)N1CC(O)CC(O)C1. The highest BCUT2D eigenvalue weighted by Crippen LogP contribution is 2.32. The van der Waals surface area contributed by atoms with Gasteiger partial charge in [0.1, 0.15) is 0 Å². The Bertz CT molecular complexity index is 349. The predicted molar refractivity (Wildman–Crippen MR) is 66.3 cm³/mol. The van der Waals surface area contributed by atoms with Gasteiger partial charge in [0, 0.05) is 19.5 Å². The van der Waals surface area contributed by atoms with Crippen molar-refractivity contribution < 1.29 is 24.9 Å². The highest BCUT2D eigenvalue weighted by Gasteiger charge is 2.39. The highest BCUT2D eigenvalue weighted by atomic mass is 16.4. The van der Waals surface area contributed by atoms with Gasteiger partial charge in [0.2, 0.25) is 5.91 Å². The van der Waals surface area contributed by atoms with Crippen LogP contribution >= 0.6 is 0 Å². The minimum absolute atomic E-state index is 0.193. The molecule has 2 rings (SSSR count). The summed E-state index contributed by atoms with van der Waals surface area (Å²) in [5.74, 6) is -2.29. The third kappa shape index (κ3) is 3.25. The summed E-state index contributed by atoms with van der Waals surface area (Å²) in [5, 5.41) is 28.4. The summed E-state index contributed by atoms with van der Waals surface area (Å²) >= 11 is 0. The number of carboxylic acids is 1. The van der Waals surface area contributed by atoms with Crippen molar-refractivity contribution in [2.75, 3.05) is 13.1 Å². The zero-order valence-corrected chi connectivity index (χ0v) is 10.9. The smallest absolute Gasteiger partial charge is 0.307 e. The van der Waals surface area contributed by atoms with Crippen LogP contribution in [0.5, 0.6) is 0 Å². The largest absolute Gasteiger partial charge is 0.481 e. The Kier molecular flexibility index (Phi) is 4.42. The van der Waals surface area contributed by atoms with Crippen molar-refractivity contribution in [3.8, 4) is 0 Å². The standard InChI is InChI=1S/C13H21NO5/c15-8-5-9(16)7-14(6-8)12(17)10-3-1-2-4-11(10)13(18)19/h8-11,15-16H,1-7H2,(H,18,19). The van der Waals surface area contributed by atoms with E-state index >= 15 is 0 Å². The lowest BCUT2D eigenvalue weighted by Gasteiger charge is -2.37. The second-order valence-electron chi connectivity index (χ2n) is 5.62. The molecular weight excluding hydrogens is 250 g/mol. The number of hydrogen-bond donors (Lipinski definition) is 3. The molecule has 6 nitrogen and oxygen atoms in total. The maximum atomic E-state index is 12.4. The Morgan fingerprint density at radius 1 is 0.947 bits per heavy atom. The predicted octanol–water partition coefficient (Wildman–Crippen LogP) is -0.169. The molecule has 1 aliphatic carbocycles. The Morgan fingerprint density at radius 3 is 2.00 bits per heavy atom. The number of nitrogens with zero attached hydrogens (tertiary/aromatic N) is 1. The quantitative estimate of drug-likeness (QED) is 0.648. The number of carbonyl (C=O) groups is 2. The molecule has 1 amide bonds. The van der Waals surface area contributed by atoms with Crippen molar-refractivity contribution >= 4 is 11.9 Å². The summed E-state index contributed by atoms with van der Waals surface area (Å²) in [5.41, 5.74) is 0. The maximum Gasteiger partial charge on any atom is 0.307 e. The number of aliphatic hydroxyl groups excluding tert-OH is 2. The zero-order chi connectivity index (χ0) is 14.0. The second-order valence-corrected chi connectivity index (χ2v) is 5.62. The summed E-state index contributed by atoms with van der Waals surface area (Å²) in [6.45, 7) is 0.386. The molecule has 4 atom stereocenters. The van der Waals surface area contributed by atoms with Gasteiger partial charge < -0.3 is 20.2 Å². The Hall–Kier alpha value is -1.14. The first-order valence-electron chi connectivity index (χ1n) is 6.86. The van der Waals surface area contributed by atoms with Crippen LogP contribution < -0.4 is 0 Å². The van der Waals surface area contributed by atoms with Gasteiger partial charge in [0.05, 0.1) is 24.0 Å². The number of carbonyl (C=O) groups excluding carboxylic acids is 1. The molecular formula is C13H21NO5. The normalized spacial score (nSPS) is 36.0. The van der Waals surface area contributed by atoms with Crippen molar-refractivity contribution in [2.24, 2.45) is 11.8 Å². The molecule has 19 heavy (non-hydrogen) atoms. The lowest BCUT2D eigenvalue weighted by atomic mass is 9.78. The zero-order valence-electron chi connectivity index (χ0n) is 10.9. The van der Waals surface area contributed by atoms with Crippen LogP contribution in [-0.4, -0.2) is 57.4 Å². The van der Waals surface area contributed by atoms with Crippen LogP contribution in [0.2, 0.25) is 0 Å². The third-order valence-electron chi connectivity index (χ3n) is 4.12. The van der Waals surface area contributed by atoms with Gasteiger partial charge in [-0.05, 0) is 12.8 Å². The van der Waals surface area contributed by atoms with E-state index in [0.717, 1.165) is 12.8 Å². The van der Waals surface area contributed by atoms with E-state index in [0.29, 0.717) is 12.8 Å². The summed E-state index contributed by atoms with van der Waals surface area (Å²) in [7, 11) is 0. The molecule has 0 aromatic rings. The van der Waals surface area contributed by atoms with Crippen LogP contribution in [0.25, 0.3) is 0 Å². The van der Waals surface area contributed by atoms with Crippen molar-refractivity contribution in [3.63, 3.8) is 0 Å². The third-order valence-corrected chi connectivity index (χ3v) is 4.12. The van der Waals surface area contributed by atoms with Crippen LogP contribution in [0.15, 0.2) is 0 Å². The Morgan fingerprint density at radius 2 is 1.47 bits per heavy atom. The van der Waals surface area contributed by atoms with Crippen LogP contribution in [0.3, 0.4) is 0 Å². The molecule has 1 saturated heterocycles. The number of rotatable bonds is 2. The fourth-order valence-corrected chi connectivity index (χ4v) is 3.18. The van der Waals surface area contributed by atoms with E-state index in [1.54, 1.807) is 0 Å². The van der Waals surface area contributed by atoms with Gasteiger partial charge in [-0.1, -0.05) is 12.8 Å². The number of piperidine rings is 1. The first-order valence-corrected chi connectivity index (χ1v) is 6.86. The minimum atomic E-state index is -0.920. The molecule has 0 spiro atoms. The molecule has 0 bridgehead atoms. The second kappa shape index (κ2) is 5.88. The van der Waals surface area contributed by atoms with Gasteiger partial charge in [0.25, 0.3) is 0 Å². The molecule has 2 fully saturated rings. The molecule has 6 heteroatoms. The molecule has 0 aromatic carbocycles. The number of β-amino-alcohol motifs (C(OH)–C–C–N with tert-alkyl or cyclic N) is 2. The van der Waals surface area contributed by atoms with Crippen LogP contribution in [0, 0.1) is 11.8 Å². The number of carboxylic acid groups (broad SMARTS) is 1. The molecule has 3 N–H and O–H groups in total. The van der Waals surface area contributed by atoms with Gasteiger partial charge in [0.15, 0.2) is 0 Å². The van der Waals surface area contributed by atoms with Crippen molar-refractivity contribution in [3.05, 3.63) is 0 Å². The van der Waals surface area contributed by atoms with Crippen molar-refractivity contribution in [1.29, 1.82) is 0 Å². The van der Waals surface area contributed by atoms with Crippen molar-refractivity contribution in [2.45, 2.75) is 44.3 Å². The van der Waals surface area contributed by atoms with Gasteiger partial charge in [-0.2, -0.15) is 0 Å².